The minimum absolute atomic E-state index is 0.0766. The van der Waals surface area contributed by atoms with Crippen molar-refractivity contribution in [1.82, 2.24) is 9.55 Å². The first kappa shape index (κ1) is 9.73. The zero-order valence-corrected chi connectivity index (χ0v) is 7.69. The summed E-state index contributed by atoms with van der Waals surface area (Å²) in [6.07, 6.45) is 1.59. The molecule has 5 heteroatoms. The van der Waals surface area contributed by atoms with Gasteiger partial charge in [0.2, 0.25) is 0 Å². The number of aryl methyl sites for hydroxylation is 1. The van der Waals surface area contributed by atoms with E-state index in [1.54, 1.807) is 10.9 Å². The molecule has 13 heavy (non-hydrogen) atoms. The fourth-order valence-corrected chi connectivity index (χ4v) is 1.18. The Bertz CT molecular complexity index is 319. The van der Waals surface area contributed by atoms with E-state index in [0.29, 0.717) is 5.69 Å². The maximum Gasteiger partial charge on any atom is 0.313 e. The quantitative estimate of drug-likeness (QED) is 0.683. The van der Waals surface area contributed by atoms with E-state index >= 15 is 0 Å². The number of hydrogen-bond acceptors (Lipinski definition) is 3. The molecule has 0 aliphatic heterocycles. The van der Waals surface area contributed by atoms with Gasteiger partial charge < -0.3 is 15.4 Å². The number of hydrogen-bond donors (Lipinski definition) is 2. The summed E-state index contributed by atoms with van der Waals surface area (Å²) >= 11 is 0. The molecule has 3 N–H and O–H groups in total. The van der Waals surface area contributed by atoms with Crippen LogP contribution in [0.3, 0.4) is 0 Å². The van der Waals surface area contributed by atoms with E-state index in [1.807, 2.05) is 14.0 Å². The number of aromatic nitrogens is 2. The van der Waals surface area contributed by atoms with Gasteiger partial charge in [-0.25, -0.2) is 4.98 Å². The van der Waals surface area contributed by atoms with E-state index in [4.69, 9.17) is 10.8 Å². The van der Waals surface area contributed by atoms with Crippen LogP contribution in [0, 0.1) is 6.92 Å². The number of nitrogens with two attached hydrogens (primary N) is 1. The molecule has 1 unspecified atom stereocenters. The van der Waals surface area contributed by atoms with Gasteiger partial charge in [-0.05, 0) is 6.92 Å². The Morgan fingerprint density at radius 2 is 2.46 bits per heavy atom. The van der Waals surface area contributed by atoms with E-state index in [1.165, 1.54) is 0 Å². The molecule has 0 fully saturated rings. The summed E-state index contributed by atoms with van der Waals surface area (Å²) in [7, 11) is 1.82. The SMILES string of the molecule is Cc1c(C(CN)C(=O)O)ncn1C. The van der Waals surface area contributed by atoms with Gasteiger partial charge in [-0.15, -0.1) is 0 Å². The van der Waals surface area contributed by atoms with Gasteiger partial charge >= 0.3 is 5.97 Å². The first-order chi connectivity index (χ1) is 6.07. The molecular formula is C8H13N3O2. The highest BCUT2D eigenvalue weighted by molar-refractivity contribution is 5.76. The maximum atomic E-state index is 10.8. The molecule has 0 aliphatic rings. The molecule has 0 aromatic carbocycles. The van der Waals surface area contributed by atoms with E-state index in [9.17, 15) is 4.79 Å². The Morgan fingerprint density at radius 1 is 1.85 bits per heavy atom. The van der Waals surface area contributed by atoms with Crippen LogP contribution in [0.4, 0.5) is 0 Å². The minimum Gasteiger partial charge on any atom is -0.481 e. The standard InChI is InChI=1S/C8H13N3O2/c1-5-7(10-4-11(5)2)6(3-9)8(12)13/h4,6H,3,9H2,1-2H3,(H,12,13). The Labute approximate surface area is 76.2 Å². The van der Waals surface area contributed by atoms with Crippen molar-refractivity contribution in [3.8, 4) is 0 Å². The Kier molecular flexibility index (Phi) is 2.67. The van der Waals surface area contributed by atoms with Crippen molar-refractivity contribution in [2.45, 2.75) is 12.8 Å². The van der Waals surface area contributed by atoms with Crippen molar-refractivity contribution in [2.75, 3.05) is 6.54 Å². The van der Waals surface area contributed by atoms with Crippen LogP contribution in [-0.2, 0) is 11.8 Å². The number of nitrogens with zero attached hydrogens (tertiary/aromatic N) is 2. The smallest absolute Gasteiger partial charge is 0.313 e. The van der Waals surface area contributed by atoms with Crippen LogP contribution >= 0.6 is 0 Å². The van der Waals surface area contributed by atoms with Gasteiger partial charge in [-0.1, -0.05) is 0 Å². The third kappa shape index (κ3) is 1.70. The fourth-order valence-electron chi connectivity index (χ4n) is 1.18. The third-order valence-electron chi connectivity index (χ3n) is 2.13. The zero-order valence-electron chi connectivity index (χ0n) is 7.69. The molecule has 1 aromatic rings. The lowest BCUT2D eigenvalue weighted by Gasteiger charge is -2.07. The van der Waals surface area contributed by atoms with E-state index in [-0.39, 0.29) is 6.54 Å². The molecule has 0 saturated carbocycles. The average molecular weight is 183 g/mol. The monoisotopic (exact) mass is 183 g/mol. The van der Waals surface area contributed by atoms with Crippen molar-refractivity contribution in [3.63, 3.8) is 0 Å². The predicted molar refractivity (Wildman–Crippen MR) is 47.4 cm³/mol. The van der Waals surface area contributed by atoms with Crippen LogP contribution in [0.5, 0.6) is 0 Å². The first-order valence-electron chi connectivity index (χ1n) is 3.98. The summed E-state index contributed by atoms with van der Waals surface area (Å²) < 4.78 is 1.78. The van der Waals surface area contributed by atoms with Crippen molar-refractivity contribution in [2.24, 2.45) is 12.8 Å². The third-order valence-corrected chi connectivity index (χ3v) is 2.13. The molecule has 1 aromatic heterocycles. The summed E-state index contributed by atoms with van der Waals surface area (Å²) in [4.78, 5) is 14.8. The number of aliphatic carboxylic acids is 1. The predicted octanol–water partition coefficient (Wildman–Crippen LogP) is -0.145. The van der Waals surface area contributed by atoms with Gasteiger partial charge in [0.1, 0.15) is 5.92 Å². The summed E-state index contributed by atoms with van der Waals surface area (Å²) in [5, 5.41) is 8.83. The van der Waals surface area contributed by atoms with Crippen LogP contribution < -0.4 is 5.73 Å². The summed E-state index contributed by atoms with van der Waals surface area (Å²) in [5.74, 6) is -1.62. The molecule has 1 heterocycles. The lowest BCUT2D eigenvalue weighted by molar-refractivity contribution is -0.138. The lowest BCUT2D eigenvalue weighted by Crippen LogP contribution is -2.22. The normalized spacial score (nSPS) is 12.8. The van der Waals surface area contributed by atoms with Gasteiger partial charge in [-0.2, -0.15) is 0 Å². The molecule has 0 bridgehead atoms. The molecule has 0 spiro atoms. The molecule has 0 aliphatic carbocycles. The number of carboxylic acids is 1. The maximum absolute atomic E-state index is 10.8. The second-order valence-corrected chi connectivity index (χ2v) is 2.95. The number of rotatable bonds is 3. The Morgan fingerprint density at radius 3 is 2.77 bits per heavy atom. The number of carbonyl (C=O) groups is 1. The highest BCUT2D eigenvalue weighted by Crippen LogP contribution is 2.16. The second-order valence-electron chi connectivity index (χ2n) is 2.95. The van der Waals surface area contributed by atoms with Gasteiger partial charge in [-0.3, -0.25) is 4.79 Å². The minimum atomic E-state index is -0.927. The molecule has 0 amide bonds. The van der Waals surface area contributed by atoms with E-state index in [2.05, 4.69) is 4.98 Å². The van der Waals surface area contributed by atoms with Crippen LogP contribution in [0.1, 0.15) is 17.3 Å². The van der Waals surface area contributed by atoms with Gasteiger partial charge in [0.05, 0.1) is 12.0 Å². The summed E-state index contributed by atoms with van der Waals surface area (Å²) in [5.41, 5.74) is 6.75. The largest absolute Gasteiger partial charge is 0.481 e. The van der Waals surface area contributed by atoms with Crippen molar-refractivity contribution in [1.29, 1.82) is 0 Å². The van der Waals surface area contributed by atoms with Gasteiger partial charge in [0.15, 0.2) is 0 Å². The average Bonchev–Trinajstić information content (AvgIpc) is 2.37. The van der Waals surface area contributed by atoms with Crippen LogP contribution in [-0.4, -0.2) is 27.2 Å². The molecule has 1 rings (SSSR count). The van der Waals surface area contributed by atoms with Crippen molar-refractivity contribution in [3.05, 3.63) is 17.7 Å². The molecular weight excluding hydrogens is 170 g/mol. The van der Waals surface area contributed by atoms with Gasteiger partial charge in [0, 0.05) is 19.3 Å². The topological polar surface area (TPSA) is 81.1 Å². The molecule has 72 valence electrons. The van der Waals surface area contributed by atoms with Crippen molar-refractivity contribution >= 4 is 5.97 Å². The molecule has 0 radical (unpaired) electrons. The molecule has 1 atom stereocenters. The van der Waals surface area contributed by atoms with Gasteiger partial charge in [0.25, 0.3) is 0 Å². The van der Waals surface area contributed by atoms with Crippen molar-refractivity contribution < 1.29 is 9.90 Å². The lowest BCUT2D eigenvalue weighted by atomic mass is 10.1. The summed E-state index contributed by atoms with van der Waals surface area (Å²) in [6.45, 7) is 1.90. The molecule has 5 nitrogen and oxygen atoms in total. The Hall–Kier alpha value is -1.36. The second kappa shape index (κ2) is 3.57. The first-order valence-corrected chi connectivity index (χ1v) is 3.98. The number of imidazole rings is 1. The highest BCUT2D eigenvalue weighted by atomic mass is 16.4. The van der Waals surface area contributed by atoms with Crippen LogP contribution in [0.25, 0.3) is 0 Å². The van der Waals surface area contributed by atoms with Crippen LogP contribution in [0.15, 0.2) is 6.33 Å². The van der Waals surface area contributed by atoms with Crippen LogP contribution in [0.2, 0.25) is 0 Å². The Balaban J connectivity index is 3.05. The zero-order chi connectivity index (χ0) is 10.0. The number of carboxylic acid groups (broad SMARTS) is 1. The summed E-state index contributed by atoms with van der Waals surface area (Å²) in [6, 6.07) is 0. The molecule has 0 saturated heterocycles. The van der Waals surface area contributed by atoms with E-state index in [0.717, 1.165) is 5.69 Å². The van der Waals surface area contributed by atoms with E-state index < -0.39 is 11.9 Å². The highest BCUT2D eigenvalue weighted by Gasteiger charge is 2.22. The fraction of sp³-hybridized carbons (Fsp3) is 0.500.